The molecular weight excluding hydrogens is 398 g/mol. The number of rotatable bonds is 5. The highest BCUT2D eigenvalue weighted by Gasteiger charge is 2.29. The fourth-order valence-electron chi connectivity index (χ4n) is 3.46. The Bertz CT molecular complexity index is 1240. The molecule has 1 aliphatic rings. The Morgan fingerprint density at radius 3 is 2.60 bits per heavy atom. The number of nitrogens with one attached hydrogen (secondary N) is 1. The largest absolute Gasteiger partial charge is 0.485 e. The third-order valence-corrected chi connectivity index (χ3v) is 5.77. The fourth-order valence-corrected chi connectivity index (χ4v) is 4.15. The number of hydrogen-bond donors (Lipinski definition) is 1. The minimum atomic E-state index is -0.213. The van der Waals surface area contributed by atoms with Gasteiger partial charge in [-0.3, -0.25) is 9.17 Å². The van der Waals surface area contributed by atoms with Gasteiger partial charge >= 0.3 is 0 Å². The Hall–Kier alpha value is -3.51. The number of hydrogen-bond acceptors (Lipinski definition) is 5. The van der Waals surface area contributed by atoms with Gasteiger partial charge in [0.05, 0.1) is 4.88 Å². The van der Waals surface area contributed by atoms with Crippen LogP contribution in [0.25, 0.3) is 10.4 Å². The number of aryl methyl sites for hydroxylation is 1. The molecule has 0 fully saturated rings. The van der Waals surface area contributed by atoms with Crippen LogP contribution in [0.1, 0.15) is 17.2 Å². The normalized spacial score (nSPS) is 14.8. The van der Waals surface area contributed by atoms with Crippen molar-refractivity contribution in [1.82, 2.24) is 4.37 Å². The van der Waals surface area contributed by atoms with Crippen molar-refractivity contribution < 1.29 is 14.2 Å². The van der Waals surface area contributed by atoms with E-state index in [9.17, 15) is 4.79 Å². The lowest BCUT2D eigenvalue weighted by Crippen LogP contribution is -2.08. The van der Waals surface area contributed by atoms with Crippen LogP contribution in [0.3, 0.4) is 0 Å². The van der Waals surface area contributed by atoms with Gasteiger partial charge in [-0.2, -0.15) is 0 Å². The molecular formula is C24H19NO4S. The molecule has 1 atom stereocenters. The van der Waals surface area contributed by atoms with Crippen molar-refractivity contribution in [3.8, 4) is 33.4 Å². The summed E-state index contributed by atoms with van der Waals surface area (Å²) in [5.41, 5.74) is 2.99. The van der Waals surface area contributed by atoms with E-state index in [0.717, 1.165) is 38.8 Å². The molecule has 1 aliphatic heterocycles. The van der Waals surface area contributed by atoms with E-state index >= 15 is 0 Å². The van der Waals surface area contributed by atoms with E-state index in [4.69, 9.17) is 14.2 Å². The number of para-hydroxylation sites is 1. The molecule has 0 bridgehead atoms. The second-order valence-electron chi connectivity index (χ2n) is 7.11. The van der Waals surface area contributed by atoms with Gasteiger partial charge in [0.15, 0.2) is 17.6 Å². The molecule has 1 unspecified atom stereocenters. The Morgan fingerprint density at radius 1 is 1.00 bits per heavy atom. The highest BCUT2D eigenvalue weighted by molar-refractivity contribution is 7.09. The van der Waals surface area contributed by atoms with Gasteiger partial charge in [0.1, 0.15) is 18.1 Å². The third-order valence-electron chi connectivity index (χ3n) is 4.89. The molecule has 2 heterocycles. The van der Waals surface area contributed by atoms with Crippen LogP contribution in [0.15, 0.2) is 77.6 Å². The number of benzene rings is 3. The minimum Gasteiger partial charge on any atom is -0.485 e. The molecule has 5 nitrogen and oxygen atoms in total. The quantitative estimate of drug-likeness (QED) is 0.451. The molecule has 0 saturated heterocycles. The molecule has 4 aromatic rings. The van der Waals surface area contributed by atoms with E-state index in [2.05, 4.69) is 4.37 Å². The summed E-state index contributed by atoms with van der Waals surface area (Å²) in [5.74, 6) is 2.92. The predicted octanol–water partition coefficient (Wildman–Crippen LogP) is 5.72. The highest BCUT2D eigenvalue weighted by atomic mass is 32.1. The van der Waals surface area contributed by atoms with Crippen LogP contribution in [-0.2, 0) is 0 Å². The van der Waals surface area contributed by atoms with Crippen molar-refractivity contribution in [2.24, 2.45) is 0 Å². The van der Waals surface area contributed by atoms with E-state index in [1.807, 2.05) is 73.7 Å². The number of aromatic nitrogens is 1. The summed E-state index contributed by atoms with van der Waals surface area (Å²) in [5, 5.41) is 0. The average molecular weight is 417 g/mol. The summed E-state index contributed by atoms with van der Waals surface area (Å²) in [7, 11) is 0. The molecule has 6 heteroatoms. The van der Waals surface area contributed by atoms with Crippen LogP contribution < -0.4 is 19.8 Å². The summed E-state index contributed by atoms with van der Waals surface area (Å²) < 4.78 is 20.9. The monoisotopic (exact) mass is 417 g/mol. The van der Waals surface area contributed by atoms with Gasteiger partial charge in [-0.15, -0.1) is 0 Å². The molecule has 1 aromatic heterocycles. The van der Waals surface area contributed by atoms with Crippen LogP contribution >= 0.6 is 11.5 Å². The van der Waals surface area contributed by atoms with Crippen LogP contribution in [0.2, 0.25) is 0 Å². The molecule has 5 rings (SSSR count). The van der Waals surface area contributed by atoms with Crippen molar-refractivity contribution in [3.05, 3.63) is 94.3 Å². The molecule has 1 N–H and O–H groups in total. The molecule has 3 aromatic carbocycles. The average Bonchev–Trinajstić information content (AvgIpc) is 3.36. The molecule has 150 valence electrons. The zero-order chi connectivity index (χ0) is 20.5. The maximum absolute atomic E-state index is 11.3. The molecule has 0 aliphatic carbocycles. The van der Waals surface area contributed by atoms with Gasteiger partial charge < -0.3 is 14.2 Å². The van der Waals surface area contributed by atoms with E-state index < -0.39 is 0 Å². The number of aromatic amines is 1. The van der Waals surface area contributed by atoms with Crippen LogP contribution in [-0.4, -0.2) is 11.0 Å². The highest BCUT2D eigenvalue weighted by Crippen LogP contribution is 2.43. The van der Waals surface area contributed by atoms with Crippen molar-refractivity contribution in [3.63, 3.8) is 0 Å². The first kappa shape index (κ1) is 18.5. The summed E-state index contributed by atoms with van der Waals surface area (Å²) in [4.78, 5) is 12.2. The minimum absolute atomic E-state index is 0.0845. The second-order valence-corrected chi connectivity index (χ2v) is 7.96. The van der Waals surface area contributed by atoms with Crippen LogP contribution in [0, 0.1) is 6.92 Å². The Kier molecular flexibility index (Phi) is 4.77. The standard InChI is InChI=1S/C24H19NO4S/c1-15-4-2-5-18(12-15)29-20-7-3-6-19-21(14-27-24(19)20)28-17-10-8-16(9-11-17)22-13-23(26)25-30-22/h2-13,21H,14H2,1H3,(H,25,26). The zero-order valence-corrected chi connectivity index (χ0v) is 17.1. The van der Waals surface area contributed by atoms with Crippen molar-refractivity contribution in [1.29, 1.82) is 0 Å². The molecule has 0 saturated carbocycles. The number of ether oxygens (including phenoxy) is 3. The smallest absolute Gasteiger partial charge is 0.258 e. The van der Waals surface area contributed by atoms with Crippen LogP contribution in [0.4, 0.5) is 0 Å². The second kappa shape index (κ2) is 7.72. The summed E-state index contributed by atoms with van der Waals surface area (Å²) in [6.07, 6.45) is -0.213. The van der Waals surface area contributed by atoms with Crippen LogP contribution in [0.5, 0.6) is 23.0 Å². The van der Waals surface area contributed by atoms with E-state index in [0.29, 0.717) is 12.4 Å². The number of fused-ring (bicyclic) bond motifs is 1. The van der Waals surface area contributed by atoms with Gasteiger partial charge in [0.25, 0.3) is 5.56 Å². The first-order valence-electron chi connectivity index (χ1n) is 9.61. The maximum Gasteiger partial charge on any atom is 0.258 e. The van der Waals surface area contributed by atoms with Gasteiger partial charge in [0.2, 0.25) is 0 Å². The SMILES string of the molecule is Cc1cccc(Oc2cccc3c2OCC3Oc2ccc(-c3cc(=O)[nH]s3)cc2)c1. The van der Waals surface area contributed by atoms with Gasteiger partial charge in [-0.25, -0.2) is 0 Å². The molecule has 0 spiro atoms. The van der Waals surface area contributed by atoms with Crippen molar-refractivity contribution >= 4 is 11.5 Å². The zero-order valence-electron chi connectivity index (χ0n) is 16.3. The first-order chi connectivity index (χ1) is 14.7. The first-order valence-corrected chi connectivity index (χ1v) is 10.4. The lowest BCUT2D eigenvalue weighted by molar-refractivity contribution is 0.162. The fraction of sp³-hybridized carbons (Fsp3) is 0.125. The molecule has 0 radical (unpaired) electrons. The summed E-state index contributed by atoms with van der Waals surface area (Å²) in [6.45, 7) is 2.45. The van der Waals surface area contributed by atoms with Gasteiger partial charge in [-0.05, 0) is 60.5 Å². The summed E-state index contributed by atoms with van der Waals surface area (Å²) >= 11 is 1.32. The third kappa shape index (κ3) is 3.69. The molecule has 30 heavy (non-hydrogen) atoms. The van der Waals surface area contributed by atoms with Gasteiger partial charge in [0, 0.05) is 11.6 Å². The maximum atomic E-state index is 11.3. The summed E-state index contributed by atoms with van der Waals surface area (Å²) in [6, 6.07) is 23.1. The Labute approximate surface area is 177 Å². The van der Waals surface area contributed by atoms with Crippen molar-refractivity contribution in [2.45, 2.75) is 13.0 Å². The predicted molar refractivity (Wildman–Crippen MR) is 117 cm³/mol. The number of H-pyrrole nitrogens is 1. The Balaban J connectivity index is 1.34. The van der Waals surface area contributed by atoms with E-state index in [1.165, 1.54) is 11.5 Å². The van der Waals surface area contributed by atoms with Crippen molar-refractivity contribution in [2.75, 3.05) is 6.61 Å². The molecule has 0 amide bonds. The Morgan fingerprint density at radius 2 is 1.83 bits per heavy atom. The lowest BCUT2D eigenvalue weighted by Gasteiger charge is -2.13. The topological polar surface area (TPSA) is 60.6 Å². The van der Waals surface area contributed by atoms with Gasteiger partial charge in [-0.1, -0.05) is 35.8 Å². The van der Waals surface area contributed by atoms with E-state index in [1.54, 1.807) is 6.07 Å². The van der Waals surface area contributed by atoms with E-state index in [-0.39, 0.29) is 11.7 Å². The lowest BCUT2D eigenvalue weighted by atomic mass is 10.1.